The molecule has 2 N–H and O–H groups in total. The van der Waals surface area contributed by atoms with Crippen LogP contribution < -0.4 is 10.6 Å². The molecule has 1 heterocycles. The molecule has 0 unspecified atom stereocenters. The first-order chi connectivity index (χ1) is 12.1. The molecule has 1 aromatic rings. The van der Waals surface area contributed by atoms with Crippen LogP contribution >= 0.6 is 35.6 Å². The van der Waals surface area contributed by atoms with Gasteiger partial charge in [-0.1, -0.05) is 23.7 Å². The highest BCUT2D eigenvalue weighted by atomic mass is 127. The van der Waals surface area contributed by atoms with Gasteiger partial charge in [-0.15, -0.1) is 24.0 Å². The molecule has 0 atom stereocenters. The van der Waals surface area contributed by atoms with Gasteiger partial charge in [0, 0.05) is 63.7 Å². The number of hydrogen-bond donors (Lipinski definition) is 2. The van der Waals surface area contributed by atoms with Crippen LogP contribution in [-0.4, -0.2) is 52.0 Å². The summed E-state index contributed by atoms with van der Waals surface area (Å²) >= 11 is 6.16. The van der Waals surface area contributed by atoms with Crippen molar-refractivity contribution >= 4 is 41.5 Å². The molecule has 26 heavy (non-hydrogen) atoms. The maximum Gasteiger partial charge on any atom is 0.191 e. The normalized spacial score (nSPS) is 20.8. The molecule has 2 fully saturated rings. The Balaban J connectivity index is 0.00000243. The molecule has 0 amide bonds. The standard InChI is InChI=1S/C19H28ClN3O2.HI/c1-21-17(23-14-19(24-2)8-10-25-11-9-19)22-13-18(6-7-18)15-4-3-5-16(20)12-15;/h3-5,12H,6-11,13-14H2,1-2H3,(H2,21,22,23);1H. The Morgan fingerprint density at radius 3 is 2.46 bits per heavy atom. The fourth-order valence-electron chi connectivity index (χ4n) is 3.45. The summed E-state index contributed by atoms with van der Waals surface area (Å²) in [6.07, 6.45) is 4.16. The Kier molecular flexibility index (Phi) is 8.00. The Morgan fingerprint density at radius 2 is 1.88 bits per heavy atom. The first-order valence-electron chi connectivity index (χ1n) is 8.95. The zero-order chi connectivity index (χ0) is 17.8. The molecule has 3 rings (SSSR count). The lowest BCUT2D eigenvalue weighted by Crippen LogP contribution is -2.51. The van der Waals surface area contributed by atoms with Gasteiger partial charge in [-0.05, 0) is 30.5 Å². The minimum atomic E-state index is -0.167. The van der Waals surface area contributed by atoms with Crippen molar-refractivity contribution in [1.29, 1.82) is 0 Å². The third-order valence-electron chi connectivity index (χ3n) is 5.52. The summed E-state index contributed by atoms with van der Waals surface area (Å²) in [5, 5.41) is 7.71. The molecular weight excluding hydrogens is 465 g/mol. The summed E-state index contributed by atoms with van der Waals surface area (Å²) in [5.41, 5.74) is 1.32. The molecule has 1 aliphatic carbocycles. The van der Waals surface area contributed by atoms with Gasteiger partial charge in [0.2, 0.25) is 0 Å². The third kappa shape index (κ3) is 5.24. The number of nitrogens with zero attached hydrogens (tertiary/aromatic N) is 1. The van der Waals surface area contributed by atoms with Gasteiger partial charge in [0.15, 0.2) is 5.96 Å². The molecule has 5 nitrogen and oxygen atoms in total. The van der Waals surface area contributed by atoms with Crippen LogP contribution in [0.25, 0.3) is 0 Å². The monoisotopic (exact) mass is 493 g/mol. The van der Waals surface area contributed by atoms with Gasteiger partial charge < -0.3 is 20.1 Å². The molecule has 1 aromatic carbocycles. The van der Waals surface area contributed by atoms with Gasteiger partial charge in [0.1, 0.15) is 0 Å². The van der Waals surface area contributed by atoms with E-state index < -0.39 is 0 Å². The highest BCUT2D eigenvalue weighted by Crippen LogP contribution is 2.48. The van der Waals surface area contributed by atoms with Crippen LogP contribution in [0.4, 0.5) is 0 Å². The summed E-state index contributed by atoms with van der Waals surface area (Å²) in [7, 11) is 3.58. The van der Waals surface area contributed by atoms with Crippen LogP contribution in [0.2, 0.25) is 5.02 Å². The van der Waals surface area contributed by atoms with E-state index in [1.807, 2.05) is 12.1 Å². The number of rotatable bonds is 6. The fraction of sp³-hybridized carbons (Fsp3) is 0.632. The number of guanidine groups is 1. The van der Waals surface area contributed by atoms with Crippen LogP contribution in [0.15, 0.2) is 29.3 Å². The van der Waals surface area contributed by atoms with Crippen LogP contribution in [-0.2, 0) is 14.9 Å². The van der Waals surface area contributed by atoms with Crippen molar-refractivity contribution in [3.05, 3.63) is 34.9 Å². The zero-order valence-corrected chi connectivity index (χ0v) is 18.6. The van der Waals surface area contributed by atoms with Gasteiger partial charge in [0.05, 0.1) is 5.60 Å². The number of aliphatic imine (C=N–C) groups is 1. The van der Waals surface area contributed by atoms with E-state index >= 15 is 0 Å². The average Bonchev–Trinajstić information content (AvgIpc) is 3.44. The molecule has 0 aromatic heterocycles. The smallest absolute Gasteiger partial charge is 0.191 e. The summed E-state index contributed by atoms with van der Waals surface area (Å²) in [6, 6.07) is 8.19. The van der Waals surface area contributed by atoms with Crippen LogP contribution in [0.5, 0.6) is 0 Å². The van der Waals surface area contributed by atoms with Crippen molar-refractivity contribution in [1.82, 2.24) is 10.6 Å². The van der Waals surface area contributed by atoms with E-state index in [0.29, 0.717) is 0 Å². The predicted molar refractivity (Wildman–Crippen MR) is 117 cm³/mol. The lowest BCUT2D eigenvalue weighted by atomic mass is 9.94. The molecular formula is C19H29ClIN3O2. The molecule has 1 saturated carbocycles. The SMILES string of the molecule is CN=C(NCC1(OC)CCOCC1)NCC1(c2cccc(Cl)c2)CC1.I. The molecule has 7 heteroatoms. The lowest BCUT2D eigenvalue weighted by Gasteiger charge is -2.36. The van der Waals surface area contributed by atoms with E-state index in [0.717, 1.165) is 50.1 Å². The summed E-state index contributed by atoms with van der Waals surface area (Å²) in [6.45, 7) is 3.09. The number of ether oxygens (including phenoxy) is 2. The van der Waals surface area contributed by atoms with E-state index in [9.17, 15) is 0 Å². The third-order valence-corrected chi connectivity index (χ3v) is 5.76. The van der Waals surface area contributed by atoms with Gasteiger partial charge in [-0.3, -0.25) is 4.99 Å². The lowest BCUT2D eigenvalue weighted by molar-refractivity contribution is -0.0855. The molecule has 0 spiro atoms. The molecule has 2 aliphatic rings. The minimum absolute atomic E-state index is 0. The molecule has 0 bridgehead atoms. The number of hydrogen-bond acceptors (Lipinski definition) is 3. The first kappa shape index (κ1) is 21.7. The van der Waals surface area contributed by atoms with Crippen molar-refractivity contribution in [3.63, 3.8) is 0 Å². The van der Waals surface area contributed by atoms with E-state index in [2.05, 4.69) is 27.8 Å². The Bertz CT molecular complexity index is 617. The van der Waals surface area contributed by atoms with Crippen molar-refractivity contribution < 1.29 is 9.47 Å². The van der Waals surface area contributed by atoms with E-state index in [4.69, 9.17) is 21.1 Å². The topological polar surface area (TPSA) is 54.9 Å². The first-order valence-corrected chi connectivity index (χ1v) is 9.33. The number of benzene rings is 1. The highest BCUT2D eigenvalue weighted by molar-refractivity contribution is 14.0. The number of nitrogens with one attached hydrogen (secondary N) is 2. The average molecular weight is 494 g/mol. The summed E-state index contributed by atoms with van der Waals surface area (Å²) in [4.78, 5) is 4.36. The largest absolute Gasteiger partial charge is 0.381 e. The predicted octanol–water partition coefficient (Wildman–Crippen LogP) is 3.35. The summed E-state index contributed by atoms with van der Waals surface area (Å²) in [5.74, 6) is 0.816. The quantitative estimate of drug-likeness (QED) is 0.363. The van der Waals surface area contributed by atoms with Crippen LogP contribution in [0.3, 0.4) is 0 Å². The van der Waals surface area contributed by atoms with E-state index in [-0.39, 0.29) is 35.0 Å². The van der Waals surface area contributed by atoms with Gasteiger partial charge in [0.25, 0.3) is 0 Å². The van der Waals surface area contributed by atoms with Gasteiger partial charge in [-0.25, -0.2) is 0 Å². The maximum atomic E-state index is 6.16. The number of methoxy groups -OCH3 is 1. The van der Waals surface area contributed by atoms with Crippen molar-refractivity contribution in [2.45, 2.75) is 36.7 Å². The number of halogens is 2. The Labute approximate surface area is 178 Å². The molecule has 146 valence electrons. The Hall–Kier alpha value is -0.570. The maximum absolute atomic E-state index is 6.16. The molecule has 1 aliphatic heterocycles. The van der Waals surface area contributed by atoms with Crippen LogP contribution in [0.1, 0.15) is 31.2 Å². The second-order valence-electron chi connectivity index (χ2n) is 7.07. The Morgan fingerprint density at radius 1 is 1.19 bits per heavy atom. The van der Waals surface area contributed by atoms with Crippen molar-refractivity contribution in [2.24, 2.45) is 4.99 Å². The second-order valence-corrected chi connectivity index (χ2v) is 7.51. The fourth-order valence-corrected chi connectivity index (χ4v) is 3.64. The zero-order valence-electron chi connectivity index (χ0n) is 15.5. The summed E-state index contributed by atoms with van der Waals surface area (Å²) < 4.78 is 11.2. The van der Waals surface area contributed by atoms with Crippen LogP contribution in [0, 0.1) is 0 Å². The van der Waals surface area contributed by atoms with E-state index in [1.54, 1.807) is 14.2 Å². The van der Waals surface area contributed by atoms with E-state index in [1.165, 1.54) is 18.4 Å². The van der Waals surface area contributed by atoms with Crippen molar-refractivity contribution in [2.75, 3.05) is 40.5 Å². The molecule has 1 saturated heterocycles. The molecule has 0 radical (unpaired) electrons. The van der Waals surface area contributed by atoms with Gasteiger partial charge in [-0.2, -0.15) is 0 Å². The highest BCUT2D eigenvalue weighted by Gasteiger charge is 2.44. The van der Waals surface area contributed by atoms with Gasteiger partial charge >= 0.3 is 0 Å². The second kappa shape index (κ2) is 9.57. The van der Waals surface area contributed by atoms with Crippen molar-refractivity contribution in [3.8, 4) is 0 Å². The minimum Gasteiger partial charge on any atom is -0.381 e.